The Morgan fingerprint density at radius 3 is 2.33 bits per heavy atom. The van der Waals surface area contributed by atoms with Crippen molar-refractivity contribution < 1.29 is 8.42 Å². The van der Waals surface area contributed by atoms with Crippen LogP contribution in [0.3, 0.4) is 0 Å². The fraction of sp³-hybridized carbons (Fsp3) is 0.600. The van der Waals surface area contributed by atoms with Gasteiger partial charge in [0.1, 0.15) is 0 Å². The SMILES string of the molecule is CC(CS(=O)(=O)N1CCN(CCCl)CC1)c1ccccc1. The second kappa shape index (κ2) is 7.58. The van der Waals surface area contributed by atoms with Crippen LogP contribution >= 0.6 is 11.6 Å². The van der Waals surface area contributed by atoms with Gasteiger partial charge in [-0.3, -0.25) is 4.90 Å². The van der Waals surface area contributed by atoms with Crippen LogP contribution in [0.4, 0.5) is 0 Å². The molecule has 118 valence electrons. The standard InChI is InChI=1S/C15H23ClN2O2S/c1-14(15-5-3-2-4-6-15)13-21(19,20)18-11-9-17(8-7-16)10-12-18/h2-6,14H,7-13H2,1H3. The zero-order valence-electron chi connectivity index (χ0n) is 12.4. The highest BCUT2D eigenvalue weighted by molar-refractivity contribution is 7.89. The Morgan fingerprint density at radius 1 is 1.14 bits per heavy atom. The van der Waals surface area contributed by atoms with Gasteiger partial charge < -0.3 is 0 Å². The summed E-state index contributed by atoms with van der Waals surface area (Å²) in [6.45, 7) is 5.48. The molecule has 0 aliphatic carbocycles. The predicted molar refractivity (Wildman–Crippen MR) is 87.4 cm³/mol. The van der Waals surface area contributed by atoms with Gasteiger partial charge in [-0.25, -0.2) is 8.42 Å². The monoisotopic (exact) mass is 330 g/mol. The third-order valence-electron chi connectivity index (χ3n) is 3.95. The summed E-state index contributed by atoms with van der Waals surface area (Å²) in [5, 5.41) is 0. The number of halogens is 1. The average molecular weight is 331 g/mol. The minimum Gasteiger partial charge on any atom is -0.300 e. The lowest BCUT2D eigenvalue weighted by molar-refractivity contribution is 0.197. The van der Waals surface area contributed by atoms with Crippen molar-refractivity contribution in [2.75, 3.05) is 44.4 Å². The second-order valence-electron chi connectivity index (χ2n) is 5.52. The maximum Gasteiger partial charge on any atom is 0.214 e. The molecule has 1 aliphatic heterocycles. The van der Waals surface area contributed by atoms with E-state index in [1.165, 1.54) is 0 Å². The fourth-order valence-corrected chi connectivity index (χ4v) is 4.64. The fourth-order valence-electron chi connectivity index (χ4n) is 2.65. The molecule has 2 rings (SSSR count). The highest BCUT2D eigenvalue weighted by Gasteiger charge is 2.28. The Balaban J connectivity index is 1.93. The zero-order chi connectivity index (χ0) is 15.3. The molecule has 4 nitrogen and oxygen atoms in total. The molecule has 1 aromatic carbocycles. The molecule has 1 saturated heterocycles. The van der Waals surface area contributed by atoms with E-state index in [0.717, 1.165) is 25.2 Å². The van der Waals surface area contributed by atoms with Gasteiger partial charge in [0.05, 0.1) is 5.75 Å². The Kier molecular flexibility index (Phi) is 6.05. The molecule has 1 atom stereocenters. The number of benzene rings is 1. The molecule has 6 heteroatoms. The maximum atomic E-state index is 12.5. The van der Waals surface area contributed by atoms with E-state index < -0.39 is 10.0 Å². The molecule has 0 aromatic heterocycles. The van der Waals surface area contributed by atoms with Gasteiger partial charge in [0, 0.05) is 38.6 Å². The predicted octanol–water partition coefficient (Wildman–Crippen LogP) is 1.98. The third-order valence-corrected chi connectivity index (χ3v) is 6.20. The highest BCUT2D eigenvalue weighted by Crippen LogP contribution is 2.19. The van der Waals surface area contributed by atoms with E-state index in [9.17, 15) is 8.42 Å². The third kappa shape index (κ3) is 4.68. The van der Waals surface area contributed by atoms with E-state index in [1.807, 2.05) is 37.3 Å². The van der Waals surface area contributed by atoms with Crippen LogP contribution in [-0.2, 0) is 10.0 Å². The molecule has 0 bridgehead atoms. The van der Waals surface area contributed by atoms with Crippen LogP contribution in [0.15, 0.2) is 30.3 Å². The quantitative estimate of drug-likeness (QED) is 0.749. The van der Waals surface area contributed by atoms with Crippen LogP contribution in [0.5, 0.6) is 0 Å². The Bertz CT molecular complexity index is 528. The summed E-state index contributed by atoms with van der Waals surface area (Å²) >= 11 is 5.72. The van der Waals surface area contributed by atoms with Crippen molar-refractivity contribution in [3.63, 3.8) is 0 Å². The highest BCUT2D eigenvalue weighted by atomic mass is 35.5. The largest absolute Gasteiger partial charge is 0.300 e. The molecule has 0 amide bonds. The number of hydrogen-bond donors (Lipinski definition) is 0. The number of hydrogen-bond acceptors (Lipinski definition) is 3. The van der Waals surface area contributed by atoms with Crippen LogP contribution in [0.2, 0.25) is 0 Å². The molecule has 21 heavy (non-hydrogen) atoms. The molecular formula is C15H23ClN2O2S. The first kappa shape index (κ1) is 16.7. The maximum absolute atomic E-state index is 12.5. The van der Waals surface area contributed by atoms with Gasteiger partial charge in [0.2, 0.25) is 10.0 Å². The minimum atomic E-state index is -3.20. The summed E-state index contributed by atoms with van der Waals surface area (Å²) in [5.74, 6) is 0.779. The molecule has 1 aliphatic rings. The zero-order valence-corrected chi connectivity index (χ0v) is 14.0. The summed E-state index contributed by atoms with van der Waals surface area (Å²) in [7, 11) is -3.20. The number of piperazine rings is 1. The van der Waals surface area contributed by atoms with Crippen LogP contribution < -0.4 is 0 Å². The van der Waals surface area contributed by atoms with E-state index in [1.54, 1.807) is 4.31 Å². The molecule has 1 heterocycles. The van der Waals surface area contributed by atoms with E-state index in [4.69, 9.17) is 11.6 Å². The summed E-state index contributed by atoms with van der Waals surface area (Å²) in [6, 6.07) is 9.81. The lowest BCUT2D eigenvalue weighted by Crippen LogP contribution is -2.49. The van der Waals surface area contributed by atoms with Gasteiger partial charge in [-0.15, -0.1) is 11.6 Å². The molecule has 0 saturated carbocycles. The first-order valence-electron chi connectivity index (χ1n) is 7.34. The lowest BCUT2D eigenvalue weighted by Gasteiger charge is -2.34. The summed E-state index contributed by atoms with van der Waals surface area (Å²) in [4.78, 5) is 2.21. The lowest BCUT2D eigenvalue weighted by atomic mass is 10.0. The van der Waals surface area contributed by atoms with Crippen molar-refractivity contribution >= 4 is 21.6 Å². The van der Waals surface area contributed by atoms with Crippen molar-refractivity contribution in [2.45, 2.75) is 12.8 Å². The molecule has 1 unspecified atom stereocenters. The van der Waals surface area contributed by atoms with Gasteiger partial charge in [-0.1, -0.05) is 37.3 Å². The Labute approximate surface area is 132 Å². The van der Waals surface area contributed by atoms with Crippen LogP contribution in [0, 0.1) is 0 Å². The van der Waals surface area contributed by atoms with Crippen molar-refractivity contribution in [1.82, 2.24) is 9.21 Å². The average Bonchev–Trinajstić information content (AvgIpc) is 2.48. The number of alkyl halides is 1. The molecule has 0 radical (unpaired) electrons. The van der Waals surface area contributed by atoms with E-state index in [0.29, 0.717) is 19.0 Å². The Morgan fingerprint density at radius 2 is 1.76 bits per heavy atom. The van der Waals surface area contributed by atoms with Crippen molar-refractivity contribution in [1.29, 1.82) is 0 Å². The first-order valence-corrected chi connectivity index (χ1v) is 9.48. The molecule has 0 spiro atoms. The summed E-state index contributed by atoms with van der Waals surface area (Å²) in [5.41, 5.74) is 1.07. The molecular weight excluding hydrogens is 308 g/mol. The molecule has 0 N–H and O–H groups in total. The topological polar surface area (TPSA) is 40.6 Å². The van der Waals surface area contributed by atoms with E-state index in [2.05, 4.69) is 4.90 Å². The normalized spacial score (nSPS) is 19.5. The van der Waals surface area contributed by atoms with Crippen molar-refractivity contribution in [2.24, 2.45) is 0 Å². The van der Waals surface area contributed by atoms with Gasteiger partial charge >= 0.3 is 0 Å². The Hall–Kier alpha value is -0.620. The summed E-state index contributed by atoms with van der Waals surface area (Å²) < 4.78 is 26.7. The van der Waals surface area contributed by atoms with Gasteiger partial charge in [0.25, 0.3) is 0 Å². The van der Waals surface area contributed by atoms with Crippen molar-refractivity contribution in [3.05, 3.63) is 35.9 Å². The number of rotatable bonds is 6. The number of nitrogens with zero attached hydrogens (tertiary/aromatic N) is 2. The van der Waals surface area contributed by atoms with Crippen LogP contribution in [0.25, 0.3) is 0 Å². The molecule has 1 fully saturated rings. The van der Waals surface area contributed by atoms with Gasteiger partial charge in [-0.2, -0.15) is 4.31 Å². The van der Waals surface area contributed by atoms with Gasteiger partial charge in [-0.05, 0) is 11.5 Å². The second-order valence-corrected chi connectivity index (χ2v) is 7.91. The van der Waals surface area contributed by atoms with Gasteiger partial charge in [0.15, 0.2) is 0 Å². The first-order chi connectivity index (χ1) is 10.0. The minimum absolute atomic E-state index is 0.0112. The van der Waals surface area contributed by atoms with Crippen LogP contribution in [0.1, 0.15) is 18.4 Å². The molecule has 1 aromatic rings. The van der Waals surface area contributed by atoms with Crippen molar-refractivity contribution in [3.8, 4) is 0 Å². The smallest absolute Gasteiger partial charge is 0.214 e. The van der Waals surface area contributed by atoms with E-state index >= 15 is 0 Å². The summed E-state index contributed by atoms with van der Waals surface area (Å²) in [6.07, 6.45) is 0. The number of sulfonamides is 1. The van der Waals surface area contributed by atoms with E-state index in [-0.39, 0.29) is 11.7 Å². The van der Waals surface area contributed by atoms with Crippen LogP contribution in [-0.4, -0.2) is 62.0 Å².